The average molecular weight is 429 g/mol. The molecule has 5 rings (SSSR count). The summed E-state index contributed by atoms with van der Waals surface area (Å²) < 4.78 is 0. The average Bonchev–Trinajstić information content (AvgIpc) is 3.29. The number of carbonyl (C=O) groups excluding carboxylic acids is 1. The lowest BCUT2D eigenvalue weighted by Gasteiger charge is -2.23. The van der Waals surface area contributed by atoms with Crippen molar-refractivity contribution in [3.63, 3.8) is 0 Å². The van der Waals surface area contributed by atoms with Gasteiger partial charge in [-0.05, 0) is 50.9 Å². The van der Waals surface area contributed by atoms with Crippen LogP contribution in [0.4, 0.5) is 11.5 Å². The van der Waals surface area contributed by atoms with Crippen LogP contribution in [0.2, 0.25) is 0 Å². The number of rotatable bonds is 3. The molecule has 2 aliphatic heterocycles. The lowest BCUT2D eigenvalue weighted by molar-refractivity contribution is 0.0929. The van der Waals surface area contributed by atoms with Crippen LogP contribution in [0.3, 0.4) is 0 Å². The number of nitrogens with one attached hydrogen (secondary N) is 2. The molecule has 1 fully saturated rings. The molecular weight excluding hydrogens is 404 g/mol. The first kappa shape index (κ1) is 20.1. The van der Waals surface area contributed by atoms with E-state index < -0.39 is 0 Å². The van der Waals surface area contributed by atoms with E-state index in [1.807, 2.05) is 6.07 Å². The molecule has 0 aliphatic carbocycles. The number of nitrogens with zero attached hydrogens (tertiary/aromatic N) is 4. The van der Waals surface area contributed by atoms with Crippen LogP contribution in [0.25, 0.3) is 10.3 Å². The number of anilines is 2. The number of piperidine rings is 1. The highest BCUT2D eigenvalue weighted by Gasteiger charge is 2.30. The largest absolute Gasteiger partial charge is 0.347 e. The molecule has 2 N–H and O–H groups in total. The molecule has 1 amide bonds. The topological polar surface area (TPSA) is 83.0 Å². The van der Waals surface area contributed by atoms with Gasteiger partial charge in [0, 0.05) is 17.8 Å². The molecule has 2 aromatic heterocycles. The number of hydrogen-bond donors (Lipinski definition) is 2. The predicted octanol–water partition coefficient (Wildman–Crippen LogP) is 2.76. The van der Waals surface area contributed by atoms with E-state index >= 15 is 0 Å². The van der Waals surface area contributed by atoms with E-state index in [1.54, 1.807) is 6.33 Å². The van der Waals surface area contributed by atoms with Gasteiger partial charge in [-0.1, -0.05) is 29.5 Å². The molecular formula is C20H24N6OS2. The number of amides is 1. The van der Waals surface area contributed by atoms with Gasteiger partial charge < -0.3 is 15.5 Å². The molecule has 0 radical (unpaired) electrons. The zero-order chi connectivity index (χ0) is 19.1. The van der Waals surface area contributed by atoms with Crippen molar-refractivity contribution in [3.05, 3.63) is 41.2 Å². The molecule has 7 nitrogen and oxygen atoms in total. The van der Waals surface area contributed by atoms with Gasteiger partial charge in [-0.2, -0.15) is 13.5 Å². The molecule has 0 bridgehead atoms. The van der Waals surface area contributed by atoms with Crippen LogP contribution >= 0.6 is 24.8 Å². The lowest BCUT2D eigenvalue weighted by atomic mass is 10.1. The van der Waals surface area contributed by atoms with Crippen LogP contribution in [-0.4, -0.2) is 46.0 Å². The third kappa shape index (κ3) is 3.70. The fourth-order valence-corrected chi connectivity index (χ4v) is 4.92. The summed E-state index contributed by atoms with van der Waals surface area (Å²) in [4.78, 5) is 29.3. The molecule has 29 heavy (non-hydrogen) atoms. The van der Waals surface area contributed by atoms with Crippen molar-refractivity contribution in [2.75, 3.05) is 18.0 Å². The Morgan fingerprint density at radius 3 is 2.86 bits per heavy atom. The number of hydrogen-bond acceptors (Lipinski definition) is 7. The standard InChI is InChI=1S/C20H22N6OS.H2S/c1-12-10-13-4-2-3-5-15(13)26(12)17-16-19(23-11-22-17)28-20(25-16)18(27)24-14-6-8-21-9-7-14;/h2-5,11-12,14,21H,6-10H2,1H3,(H,24,27);1H2/t12-;/m0./s1. The maximum absolute atomic E-state index is 12.7. The van der Waals surface area contributed by atoms with E-state index in [2.05, 4.69) is 55.6 Å². The van der Waals surface area contributed by atoms with Gasteiger partial charge >= 0.3 is 0 Å². The van der Waals surface area contributed by atoms with Gasteiger partial charge in [0.15, 0.2) is 10.8 Å². The van der Waals surface area contributed by atoms with E-state index in [0.29, 0.717) is 10.5 Å². The zero-order valence-electron chi connectivity index (χ0n) is 16.2. The summed E-state index contributed by atoms with van der Waals surface area (Å²) in [5, 5.41) is 6.88. The molecule has 0 unspecified atom stereocenters. The second kappa shape index (κ2) is 8.25. The fourth-order valence-electron chi connectivity index (χ4n) is 4.12. The molecule has 152 valence electrons. The minimum atomic E-state index is -0.115. The van der Waals surface area contributed by atoms with Gasteiger partial charge in [0.2, 0.25) is 0 Å². The van der Waals surface area contributed by atoms with Gasteiger partial charge in [0.1, 0.15) is 16.7 Å². The number of fused-ring (bicyclic) bond motifs is 2. The Hall–Kier alpha value is -2.23. The maximum Gasteiger partial charge on any atom is 0.280 e. The van der Waals surface area contributed by atoms with Crippen LogP contribution in [0.5, 0.6) is 0 Å². The molecule has 3 aromatic rings. The van der Waals surface area contributed by atoms with Crippen molar-refractivity contribution in [1.29, 1.82) is 0 Å². The van der Waals surface area contributed by atoms with Crippen LogP contribution < -0.4 is 15.5 Å². The molecule has 2 aliphatic rings. The van der Waals surface area contributed by atoms with Crippen molar-refractivity contribution in [3.8, 4) is 0 Å². The van der Waals surface area contributed by atoms with Crippen LogP contribution in [0.1, 0.15) is 35.1 Å². The van der Waals surface area contributed by atoms with Crippen molar-refractivity contribution in [2.45, 2.75) is 38.3 Å². The third-order valence-corrected chi connectivity index (χ3v) is 6.44. The predicted molar refractivity (Wildman–Crippen MR) is 121 cm³/mol. The highest BCUT2D eigenvalue weighted by Crippen LogP contribution is 2.40. The minimum absolute atomic E-state index is 0. The Labute approximate surface area is 180 Å². The highest BCUT2D eigenvalue weighted by molar-refractivity contribution is 7.59. The van der Waals surface area contributed by atoms with Gasteiger partial charge in [-0.15, -0.1) is 0 Å². The Morgan fingerprint density at radius 1 is 1.24 bits per heavy atom. The number of benzene rings is 1. The van der Waals surface area contributed by atoms with Gasteiger partial charge in [-0.25, -0.2) is 15.0 Å². The van der Waals surface area contributed by atoms with Crippen LogP contribution in [0, 0.1) is 0 Å². The summed E-state index contributed by atoms with van der Waals surface area (Å²) in [5.74, 6) is 0.662. The molecule has 0 saturated carbocycles. The Morgan fingerprint density at radius 2 is 2.03 bits per heavy atom. The molecule has 1 atom stereocenters. The quantitative estimate of drug-likeness (QED) is 0.668. The van der Waals surface area contributed by atoms with Gasteiger partial charge in [0.25, 0.3) is 5.91 Å². The number of carbonyl (C=O) groups is 1. The first-order chi connectivity index (χ1) is 13.7. The second-order valence-electron chi connectivity index (χ2n) is 7.42. The van der Waals surface area contributed by atoms with Crippen LogP contribution in [-0.2, 0) is 6.42 Å². The summed E-state index contributed by atoms with van der Waals surface area (Å²) >= 11 is 1.33. The van der Waals surface area contributed by atoms with Gasteiger partial charge in [-0.3, -0.25) is 4.79 Å². The molecule has 4 heterocycles. The smallest absolute Gasteiger partial charge is 0.280 e. The number of para-hydroxylation sites is 1. The Kier molecular flexibility index (Phi) is 5.71. The van der Waals surface area contributed by atoms with Crippen LogP contribution in [0.15, 0.2) is 30.6 Å². The Balaban J connectivity index is 0.00000205. The van der Waals surface area contributed by atoms with E-state index in [4.69, 9.17) is 0 Å². The monoisotopic (exact) mass is 428 g/mol. The van der Waals surface area contributed by atoms with Crippen molar-refractivity contribution < 1.29 is 4.79 Å². The first-order valence-corrected chi connectivity index (χ1v) is 10.5. The summed E-state index contributed by atoms with van der Waals surface area (Å²) in [5.41, 5.74) is 3.16. The van der Waals surface area contributed by atoms with E-state index in [-0.39, 0.29) is 31.5 Å². The fraction of sp³-hybridized carbons (Fsp3) is 0.400. The summed E-state index contributed by atoms with van der Waals surface area (Å²) in [6.45, 7) is 4.06. The SMILES string of the molecule is C[C@H]1Cc2ccccc2N1c1ncnc2sc(C(=O)NC3CCNCC3)nc12.S. The number of aromatic nitrogens is 3. The summed E-state index contributed by atoms with van der Waals surface area (Å²) in [7, 11) is 0. The molecule has 9 heteroatoms. The maximum atomic E-state index is 12.7. The molecule has 0 spiro atoms. The van der Waals surface area contributed by atoms with Crippen molar-refractivity contribution >= 4 is 52.6 Å². The first-order valence-electron chi connectivity index (χ1n) is 9.71. The minimum Gasteiger partial charge on any atom is -0.347 e. The number of thiazole rings is 1. The summed E-state index contributed by atoms with van der Waals surface area (Å²) in [6, 6.07) is 8.87. The molecule has 1 saturated heterocycles. The van der Waals surface area contributed by atoms with E-state index in [1.165, 1.54) is 16.9 Å². The molecule has 1 aromatic carbocycles. The van der Waals surface area contributed by atoms with Crippen molar-refractivity contribution in [1.82, 2.24) is 25.6 Å². The lowest BCUT2D eigenvalue weighted by Crippen LogP contribution is -2.42. The zero-order valence-corrected chi connectivity index (χ0v) is 18.0. The Bertz CT molecular complexity index is 1030. The third-order valence-electron chi connectivity index (χ3n) is 5.48. The highest BCUT2D eigenvalue weighted by atomic mass is 32.1. The second-order valence-corrected chi connectivity index (χ2v) is 8.40. The van der Waals surface area contributed by atoms with E-state index in [9.17, 15) is 4.79 Å². The van der Waals surface area contributed by atoms with Crippen molar-refractivity contribution in [2.24, 2.45) is 0 Å². The van der Waals surface area contributed by atoms with E-state index in [0.717, 1.165) is 48.7 Å². The van der Waals surface area contributed by atoms with Gasteiger partial charge in [0.05, 0.1) is 0 Å². The normalized spacial score (nSPS) is 19.1. The summed E-state index contributed by atoms with van der Waals surface area (Å²) in [6.07, 6.45) is 4.43.